The topological polar surface area (TPSA) is 0 Å². The first-order valence-corrected chi connectivity index (χ1v) is 13.3. The third-order valence-corrected chi connectivity index (χ3v) is 8.41. The fraction of sp³-hybridized carbons (Fsp3) is 0.189. The van der Waals surface area contributed by atoms with Crippen LogP contribution in [-0.4, -0.2) is 0 Å². The van der Waals surface area contributed by atoms with E-state index >= 15 is 0 Å². The Morgan fingerprint density at radius 1 is 0.378 bits per heavy atom. The van der Waals surface area contributed by atoms with Gasteiger partial charge < -0.3 is 0 Å². The van der Waals surface area contributed by atoms with Crippen molar-refractivity contribution >= 4 is 0 Å². The van der Waals surface area contributed by atoms with Gasteiger partial charge in [0.2, 0.25) is 0 Å². The Bertz CT molecular complexity index is 1600. The van der Waals surface area contributed by atoms with Crippen molar-refractivity contribution < 1.29 is 0 Å². The van der Waals surface area contributed by atoms with Crippen molar-refractivity contribution in [2.75, 3.05) is 0 Å². The molecule has 0 amide bonds. The summed E-state index contributed by atoms with van der Waals surface area (Å²) >= 11 is 0. The molecule has 0 nitrogen and oxygen atoms in total. The first-order valence-electron chi connectivity index (χ1n) is 13.3. The van der Waals surface area contributed by atoms with E-state index in [1.54, 1.807) is 0 Å². The summed E-state index contributed by atoms with van der Waals surface area (Å²) in [4.78, 5) is 0. The Morgan fingerprint density at radius 2 is 0.865 bits per heavy atom. The van der Waals surface area contributed by atoms with Crippen LogP contribution in [0.5, 0.6) is 0 Å². The highest BCUT2D eigenvalue weighted by Crippen LogP contribution is 2.57. The molecular weight excluding hydrogens is 444 g/mol. The molecule has 5 aromatic rings. The molecule has 5 aromatic carbocycles. The molecule has 0 bridgehead atoms. The largest absolute Gasteiger partial charge is 0.0713 e. The van der Waals surface area contributed by atoms with E-state index in [4.69, 9.17) is 0 Å². The number of fused-ring (bicyclic) bond motifs is 3. The summed E-state index contributed by atoms with van der Waals surface area (Å²) in [6, 6.07) is 37.2. The molecule has 37 heavy (non-hydrogen) atoms. The Hall–Kier alpha value is -3.90. The standard InChI is InChI=1S/C37H34/c1-23-7-13-30(14-8-23)37(31-15-9-24(2)10-16-31)35-19-25(3)11-17-32(35)33-18-12-29(22-36(33)37)34-21-27(5)26(4)20-28(34)6/h7-22H,1-6H3. The van der Waals surface area contributed by atoms with Gasteiger partial charge in [0.1, 0.15) is 0 Å². The predicted molar refractivity (Wildman–Crippen MR) is 158 cm³/mol. The number of hydrogen-bond acceptors (Lipinski definition) is 0. The second-order valence-electron chi connectivity index (χ2n) is 11.0. The fourth-order valence-electron chi connectivity index (χ4n) is 6.27. The molecule has 0 N–H and O–H groups in total. The molecule has 182 valence electrons. The Kier molecular flexibility index (Phi) is 5.46. The molecule has 0 atom stereocenters. The Labute approximate surface area is 221 Å². The lowest BCUT2D eigenvalue weighted by molar-refractivity contribution is 0.767. The van der Waals surface area contributed by atoms with E-state index in [-0.39, 0.29) is 5.41 Å². The molecular formula is C37H34. The maximum absolute atomic E-state index is 2.47. The van der Waals surface area contributed by atoms with Crippen molar-refractivity contribution in [3.63, 3.8) is 0 Å². The second-order valence-corrected chi connectivity index (χ2v) is 11.0. The molecule has 1 aliphatic carbocycles. The third kappa shape index (κ3) is 3.58. The summed E-state index contributed by atoms with van der Waals surface area (Å²) < 4.78 is 0. The van der Waals surface area contributed by atoms with E-state index in [0.29, 0.717) is 0 Å². The van der Waals surface area contributed by atoms with Gasteiger partial charge in [0.15, 0.2) is 0 Å². The van der Waals surface area contributed by atoms with Crippen LogP contribution < -0.4 is 0 Å². The van der Waals surface area contributed by atoms with Crippen LogP contribution in [0.4, 0.5) is 0 Å². The molecule has 1 aliphatic rings. The van der Waals surface area contributed by atoms with Crippen LogP contribution in [0.2, 0.25) is 0 Å². The summed E-state index contributed by atoms with van der Waals surface area (Å²) in [5.74, 6) is 0. The average Bonchev–Trinajstić information content (AvgIpc) is 3.16. The van der Waals surface area contributed by atoms with Gasteiger partial charge in [-0.05, 0) is 109 Å². The van der Waals surface area contributed by atoms with Crippen LogP contribution in [0.25, 0.3) is 22.3 Å². The first-order chi connectivity index (χ1) is 17.8. The smallest absolute Gasteiger partial charge is 0.0590 e. The van der Waals surface area contributed by atoms with Crippen LogP contribution in [0.15, 0.2) is 97.1 Å². The van der Waals surface area contributed by atoms with Crippen molar-refractivity contribution in [1.82, 2.24) is 0 Å². The van der Waals surface area contributed by atoms with Crippen LogP contribution >= 0.6 is 0 Å². The van der Waals surface area contributed by atoms with Gasteiger partial charge in [-0.1, -0.05) is 108 Å². The van der Waals surface area contributed by atoms with Crippen LogP contribution in [0.3, 0.4) is 0 Å². The maximum atomic E-state index is 2.47. The van der Waals surface area contributed by atoms with Crippen LogP contribution in [0, 0.1) is 41.5 Å². The second kappa shape index (κ2) is 8.60. The van der Waals surface area contributed by atoms with Gasteiger partial charge >= 0.3 is 0 Å². The van der Waals surface area contributed by atoms with Gasteiger partial charge in [-0.2, -0.15) is 0 Å². The monoisotopic (exact) mass is 478 g/mol. The molecule has 0 heteroatoms. The molecule has 0 aromatic heterocycles. The normalized spacial score (nSPS) is 13.4. The zero-order valence-corrected chi connectivity index (χ0v) is 22.7. The molecule has 0 spiro atoms. The molecule has 0 heterocycles. The Morgan fingerprint density at radius 3 is 1.46 bits per heavy atom. The number of rotatable bonds is 3. The van der Waals surface area contributed by atoms with E-state index in [1.165, 1.54) is 77.9 Å². The summed E-state index contributed by atoms with van der Waals surface area (Å²) in [5, 5.41) is 0. The minimum Gasteiger partial charge on any atom is -0.0590 e. The predicted octanol–water partition coefficient (Wildman–Crippen LogP) is 9.57. The highest BCUT2D eigenvalue weighted by atomic mass is 14.5. The lowest BCUT2D eigenvalue weighted by Gasteiger charge is -2.34. The number of aryl methyl sites for hydroxylation is 6. The molecule has 0 aliphatic heterocycles. The average molecular weight is 479 g/mol. The molecule has 0 fully saturated rings. The van der Waals surface area contributed by atoms with Gasteiger partial charge in [-0.15, -0.1) is 0 Å². The number of benzene rings is 5. The van der Waals surface area contributed by atoms with E-state index in [9.17, 15) is 0 Å². The minimum absolute atomic E-state index is 0.373. The van der Waals surface area contributed by atoms with Gasteiger partial charge in [0.05, 0.1) is 5.41 Å². The van der Waals surface area contributed by atoms with Crippen LogP contribution in [-0.2, 0) is 5.41 Å². The molecule has 0 saturated carbocycles. The van der Waals surface area contributed by atoms with Crippen molar-refractivity contribution in [3.8, 4) is 22.3 Å². The zero-order valence-electron chi connectivity index (χ0n) is 22.7. The van der Waals surface area contributed by atoms with Crippen molar-refractivity contribution in [2.24, 2.45) is 0 Å². The van der Waals surface area contributed by atoms with Crippen molar-refractivity contribution in [3.05, 3.63) is 153 Å². The summed E-state index contributed by atoms with van der Waals surface area (Å²) in [6.45, 7) is 13.2. The van der Waals surface area contributed by atoms with Crippen molar-refractivity contribution in [1.29, 1.82) is 0 Å². The maximum Gasteiger partial charge on any atom is 0.0713 e. The van der Waals surface area contributed by atoms with Gasteiger partial charge in [-0.3, -0.25) is 0 Å². The van der Waals surface area contributed by atoms with E-state index in [2.05, 4.69) is 139 Å². The van der Waals surface area contributed by atoms with E-state index in [0.717, 1.165) is 0 Å². The third-order valence-electron chi connectivity index (χ3n) is 8.41. The quantitative estimate of drug-likeness (QED) is 0.237. The molecule has 0 radical (unpaired) electrons. The minimum atomic E-state index is -0.373. The SMILES string of the molecule is Cc1ccc(C2(c3ccc(C)cc3)c3cc(C)ccc3-c3ccc(-c4cc(C)c(C)cc4C)cc32)cc1. The lowest BCUT2D eigenvalue weighted by Crippen LogP contribution is -2.28. The number of hydrogen-bond donors (Lipinski definition) is 0. The summed E-state index contributed by atoms with van der Waals surface area (Å²) in [6.07, 6.45) is 0. The zero-order chi connectivity index (χ0) is 25.9. The highest BCUT2D eigenvalue weighted by Gasteiger charge is 2.46. The fourth-order valence-corrected chi connectivity index (χ4v) is 6.27. The first kappa shape index (κ1) is 23.5. The Balaban J connectivity index is 1.74. The highest BCUT2D eigenvalue weighted by molar-refractivity contribution is 5.89. The molecule has 6 rings (SSSR count). The van der Waals surface area contributed by atoms with E-state index in [1.807, 2.05) is 0 Å². The van der Waals surface area contributed by atoms with Gasteiger partial charge in [-0.25, -0.2) is 0 Å². The van der Waals surface area contributed by atoms with Gasteiger partial charge in [0.25, 0.3) is 0 Å². The van der Waals surface area contributed by atoms with Gasteiger partial charge in [0, 0.05) is 0 Å². The summed E-state index contributed by atoms with van der Waals surface area (Å²) in [7, 11) is 0. The van der Waals surface area contributed by atoms with Crippen molar-refractivity contribution in [2.45, 2.75) is 47.0 Å². The van der Waals surface area contributed by atoms with E-state index < -0.39 is 0 Å². The van der Waals surface area contributed by atoms with Crippen LogP contribution in [0.1, 0.15) is 55.6 Å². The lowest BCUT2D eigenvalue weighted by atomic mass is 9.67. The molecule has 0 unspecified atom stereocenters. The molecule has 0 saturated heterocycles. The summed E-state index contributed by atoms with van der Waals surface area (Å²) in [5.41, 5.74) is 18.2.